The molecule has 0 aromatic heterocycles. The van der Waals surface area contributed by atoms with Crippen LogP contribution in [0, 0.1) is 0 Å². The molecule has 0 bridgehead atoms. The second-order valence-corrected chi connectivity index (χ2v) is 4.83. The Labute approximate surface area is 118 Å². The Hall–Kier alpha value is -1.97. The molecule has 3 rings (SSSR count). The van der Waals surface area contributed by atoms with Crippen molar-refractivity contribution in [2.24, 2.45) is 0 Å². The number of rotatable bonds is 3. The van der Waals surface area contributed by atoms with E-state index >= 15 is 0 Å². The fraction of sp³-hybridized carbons (Fsp3) is 0.235. The Balaban J connectivity index is 1.89. The summed E-state index contributed by atoms with van der Waals surface area (Å²) in [5.74, 6) is 0.0815. The number of hydrogen-bond donors (Lipinski definition) is 0. The Morgan fingerprint density at radius 3 is 2.35 bits per heavy atom. The maximum atomic E-state index is 11.3. The summed E-state index contributed by atoms with van der Waals surface area (Å²) >= 11 is 0. The van der Waals surface area contributed by atoms with Crippen molar-refractivity contribution < 1.29 is 14.3 Å². The van der Waals surface area contributed by atoms with Gasteiger partial charge in [0.25, 0.3) is 0 Å². The van der Waals surface area contributed by atoms with Crippen LogP contribution in [0.1, 0.15) is 29.1 Å². The molecule has 102 valence electrons. The molecule has 1 aliphatic heterocycles. The maximum Gasteiger partial charge on any atom is 0.184 e. The predicted octanol–water partition coefficient (Wildman–Crippen LogP) is 3.60. The van der Waals surface area contributed by atoms with Crippen LogP contribution in [-0.2, 0) is 9.47 Å². The average molecular weight is 268 g/mol. The third kappa shape index (κ3) is 2.64. The first-order valence-electron chi connectivity index (χ1n) is 6.68. The number of Topliss-reactive ketones (excluding diaryl/α,β-unsaturated/α-hetero) is 1. The van der Waals surface area contributed by atoms with E-state index < -0.39 is 0 Å². The smallest absolute Gasteiger partial charge is 0.184 e. The van der Waals surface area contributed by atoms with Crippen LogP contribution in [0.2, 0.25) is 0 Å². The van der Waals surface area contributed by atoms with Gasteiger partial charge in [-0.15, -0.1) is 0 Å². The molecule has 0 spiro atoms. The quantitative estimate of drug-likeness (QED) is 0.798. The van der Waals surface area contributed by atoms with Crippen molar-refractivity contribution in [1.29, 1.82) is 0 Å². The molecule has 1 fully saturated rings. The Morgan fingerprint density at radius 1 is 1.00 bits per heavy atom. The van der Waals surface area contributed by atoms with E-state index in [1.165, 1.54) is 0 Å². The van der Waals surface area contributed by atoms with Gasteiger partial charge in [-0.1, -0.05) is 42.5 Å². The molecule has 2 aromatic carbocycles. The number of carbonyl (C=O) groups is 1. The second-order valence-electron chi connectivity index (χ2n) is 4.83. The highest BCUT2D eigenvalue weighted by atomic mass is 16.7. The van der Waals surface area contributed by atoms with Gasteiger partial charge in [0, 0.05) is 11.1 Å². The topological polar surface area (TPSA) is 35.5 Å². The lowest BCUT2D eigenvalue weighted by Crippen LogP contribution is -1.98. The van der Waals surface area contributed by atoms with Crippen molar-refractivity contribution in [3.63, 3.8) is 0 Å². The van der Waals surface area contributed by atoms with E-state index in [4.69, 9.17) is 9.47 Å². The summed E-state index contributed by atoms with van der Waals surface area (Å²) in [7, 11) is 0. The molecule has 2 aromatic rings. The minimum absolute atomic E-state index is 0.0815. The van der Waals surface area contributed by atoms with Crippen LogP contribution in [0.15, 0.2) is 48.5 Å². The third-order valence-corrected chi connectivity index (χ3v) is 3.41. The van der Waals surface area contributed by atoms with Crippen LogP contribution in [0.5, 0.6) is 0 Å². The standard InChI is InChI=1S/C17H16O3/c1-12(18)13-5-7-14(8-6-13)15-3-2-4-16(11-15)17-19-9-10-20-17/h2-8,11,17H,9-10H2,1H3. The molecule has 0 unspecified atom stereocenters. The van der Waals surface area contributed by atoms with Gasteiger partial charge in [-0.2, -0.15) is 0 Å². The van der Waals surface area contributed by atoms with Crippen molar-refractivity contribution in [1.82, 2.24) is 0 Å². The van der Waals surface area contributed by atoms with Gasteiger partial charge >= 0.3 is 0 Å². The van der Waals surface area contributed by atoms with Crippen molar-refractivity contribution in [2.75, 3.05) is 13.2 Å². The number of benzene rings is 2. The van der Waals surface area contributed by atoms with Gasteiger partial charge in [-0.25, -0.2) is 0 Å². The highest BCUT2D eigenvalue weighted by Crippen LogP contribution is 2.28. The molecule has 0 radical (unpaired) electrons. The first-order chi connectivity index (χ1) is 9.74. The van der Waals surface area contributed by atoms with E-state index in [1.807, 2.05) is 42.5 Å². The van der Waals surface area contributed by atoms with Gasteiger partial charge in [-0.05, 0) is 24.1 Å². The van der Waals surface area contributed by atoms with Crippen LogP contribution >= 0.6 is 0 Å². The monoisotopic (exact) mass is 268 g/mol. The fourth-order valence-corrected chi connectivity index (χ4v) is 2.31. The van der Waals surface area contributed by atoms with Gasteiger partial charge in [0.15, 0.2) is 12.1 Å². The zero-order valence-electron chi connectivity index (χ0n) is 11.3. The minimum atomic E-state index is -0.258. The Bertz CT molecular complexity index is 610. The van der Waals surface area contributed by atoms with E-state index in [2.05, 4.69) is 6.07 Å². The minimum Gasteiger partial charge on any atom is -0.346 e. The van der Waals surface area contributed by atoms with Gasteiger partial charge < -0.3 is 9.47 Å². The molecular weight excluding hydrogens is 252 g/mol. The Kier molecular flexibility index (Phi) is 3.63. The van der Waals surface area contributed by atoms with Crippen LogP contribution in [0.4, 0.5) is 0 Å². The summed E-state index contributed by atoms with van der Waals surface area (Å²) < 4.78 is 11.0. The number of hydrogen-bond acceptors (Lipinski definition) is 3. The molecular formula is C17H16O3. The van der Waals surface area contributed by atoms with Crippen molar-refractivity contribution in [3.8, 4) is 11.1 Å². The summed E-state index contributed by atoms with van der Waals surface area (Å²) in [6, 6.07) is 15.7. The largest absolute Gasteiger partial charge is 0.346 e. The van der Waals surface area contributed by atoms with Gasteiger partial charge in [0.2, 0.25) is 0 Å². The summed E-state index contributed by atoms with van der Waals surface area (Å²) in [5, 5.41) is 0. The van der Waals surface area contributed by atoms with Crippen molar-refractivity contribution in [2.45, 2.75) is 13.2 Å². The molecule has 0 aliphatic carbocycles. The van der Waals surface area contributed by atoms with Crippen molar-refractivity contribution in [3.05, 3.63) is 59.7 Å². The first-order valence-corrected chi connectivity index (χ1v) is 6.68. The number of carbonyl (C=O) groups excluding carboxylic acids is 1. The second kappa shape index (κ2) is 5.57. The van der Waals surface area contributed by atoms with E-state index in [0.29, 0.717) is 13.2 Å². The summed E-state index contributed by atoms with van der Waals surface area (Å²) in [6.45, 7) is 2.86. The van der Waals surface area contributed by atoms with Gasteiger partial charge in [-0.3, -0.25) is 4.79 Å². The van der Waals surface area contributed by atoms with E-state index in [-0.39, 0.29) is 12.1 Å². The highest BCUT2D eigenvalue weighted by molar-refractivity contribution is 5.94. The SMILES string of the molecule is CC(=O)c1ccc(-c2cccc(C3OCCO3)c2)cc1. The van der Waals surface area contributed by atoms with E-state index in [1.54, 1.807) is 6.92 Å². The maximum absolute atomic E-state index is 11.3. The lowest BCUT2D eigenvalue weighted by molar-refractivity contribution is -0.0440. The summed E-state index contributed by atoms with van der Waals surface area (Å²) in [6.07, 6.45) is -0.258. The third-order valence-electron chi connectivity index (χ3n) is 3.41. The molecule has 0 atom stereocenters. The normalized spacial score (nSPS) is 15.4. The molecule has 0 N–H and O–H groups in total. The molecule has 1 heterocycles. The lowest BCUT2D eigenvalue weighted by atomic mass is 10.0. The number of ether oxygens (including phenoxy) is 2. The van der Waals surface area contributed by atoms with Gasteiger partial charge in [0.1, 0.15) is 0 Å². The van der Waals surface area contributed by atoms with Crippen LogP contribution in [0.25, 0.3) is 11.1 Å². The highest BCUT2D eigenvalue weighted by Gasteiger charge is 2.18. The average Bonchev–Trinajstić information content (AvgIpc) is 3.02. The molecule has 0 saturated carbocycles. The van der Waals surface area contributed by atoms with Crippen LogP contribution in [0.3, 0.4) is 0 Å². The fourth-order valence-electron chi connectivity index (χ4n) is 2.31. The zero-order chi connectivity index (χ0) is 13.9. The predicted molar refractivity (Wildman–Crippen MR) is 76.5 cm³/mol. The van der Waals surface area contributed by atoms with E-state index in [9.17, 15) is 4.79 Å². The molecule has 20 heavy (non-hydrogen) atoms. The lowest BCUT2D eigenvalue weighted by Gasteiger charge is -2.11. The molecule has 1 aliphatic rings. The molecule has 1 saturated heterocycles. The summed E-state index contributed by atoms with van der Waals surface area (Å²) in [5.41, 5.74) is 3.93. The van der Waals surface area contributed by atoms with Crippen LogP contribution < -0.4 is 0 Å². The molecule has 3 heteroatoms. The summed E-state index contributed by atoms with van der Waals surface area (Å²) in [4.78, 5) is 11.3. The van der Waals surface area contributed by atoms with Crippen LogP contribution in [-0.4, -0.2) is 19.0 Å². The number of ketones is 1. The molecule has 3 nitrogen and oxygen atoms in total. The van der Waals surface area contributed by atoms with Gasteiger partial charge in [0.05, 0.1) is 13.2 Å². The van der Waals surface area contributed by atoms with Crippen molar-refractivity contribution >= 4 is 5.78 Å². The first kappa shape index (κ1) is 13.0. The molecule has 0 amide bonds. The van der Waals surface area contributed by atoms with E-state index in [0.717, 1.165) is 22.3 Å². The Morgan fingerprint density at radius 2 is 1.70 bits per heavy atom. The zero-order valence-corrected chi connectivity index (χ0v) is 11.3.